The van der Waals surface area contributed by atoms with Crippen molar-refractivity contribution in [1.82, 2.24) is 15.0 Å². The van der Waals surface area contributed by atoms with Crippen molar-refractivity contribution >= 4 is 33.5 Å². The molecule has 0 fully saturated rings. The number of H-pyrrole nitrogens is 3. The van der Waals surface area contributed by atoms with Gasteiger partial charge in [-0.3, -0.25) is 4.79 Å². The summed E-state index contributed by atoms with van der Waals surface area (Å²) < 4.78 is 0. The number of aryl methyl sites for hydroxylation is 1. The first-order chi connectivity index (χ1) is 11.6. The van der Waals surface area contributed by atoms with Crippen LogP contribution in [0, 0.1) is 6.92 Å². The van der Waals surface area contributed by atoms with E-state index in [4.69, 9.17) is 0 Å². The van der Waals surface area contributed by atoms with Crippen LogP contribution in [0.4, 0.5) is 5.69 Å². The van der Waals surface area contributed by atoms with Crippen molar-refractivity contribution in [3.05, 3.63) is 64.2 Å². The maximum absolute atomic E-state index is 12.4. The van der Waals surface area contributed by atoms with Gasteiger partial charge in [0.25, 0.3) is 0 Å². The Morgan fingerprint density at radius 2 is 1.83 bits per heavy atom. The number of hydrogen-bond acceptors (Lipinski definition) is 2. The number of carbonyl (C=O) groups is 1. The maximum Gasteiger partial charge on any atom is 0.323 e. The van der Waals surface area contributed by atoms with Crippen molar-refractivity contribution < 1.29 is 4.79 Å². The first-order valence-corrected chi connectivity index (χ1v) is 7.67. The number of benzene rings is 2. The normalized spacial score (nSPS) is 11.2. The number of fused-ring (bicyclic) bond motifs is 2. The van der Waals surface area contributed by atoms with Gasteiger partial charge in [-0.05, 0) is 36.2 Å². The average Bonchev–Trinajstić information content (AvgIpc) is 3.11. The van der Waals surface area contributed by atoms with Gasteiger partial charge in [-0.25, -0.2) is 4.79 Å². The van der Waals surface area contributed by atoms with E-state index in [1.165, 1.54) is 0 Å². The molecule has 1 amide bonds. The van der Waals surface area contributed by atoms with Gasteiger partial charge in [-0.1, -0.05) is 18.2 Å². The molecular weight excluding hydrogens is 304 g/mol. The van der Waals surface area contributed by atoms with Crippen LogP contribution in [0.25, 0.3) is 21.9 Å². The molecule has 4 rings (SSSR count). The molecule has 2 aromatic heterocycles. The number of nitrogens with one attached hydrogen (secondary N) is 4. The Labute approximate surface area is 136 Å². The van der Waals surface area contributed by atoms with Crippen LogP contribution in [-0.2, 0) is 11.2 Å². The van der Waals surface area contributed by atoms with Gasteiger partial charge >= 0.3 is 5.69 Å². The zero-order chi connectivity index (χ0) is 16.7. The summed E-state index contributed by atoms with van der Waals surface area (Å²) in [6.07, 6.45) is 2.15. The molecule has 0 aliphatic rings. The summed E-state index contributed by atoms with van der Waals surface area (Å²) in [5.74, 6) is -0.0971. The summed E-state index contributed by atoms with van der Waals surface area (Å²) in [5, 5.41) is 3.98. The summed E-state index contributed by atoms with van der Waals surface area (Å²) in [6.45, 7) is 1.89. The van der Waals surface area contributed by atoms with Gasteiger partial charge in [0.15, 0.2) is 0 Å². The summed E-state index contributed by atoms with van der Waals surface area (Å²) >= 11 is 0. The van der Waals surface area contributed by atoms with E-state index in [2.05, 4.69) is 20.3 Å². The molecule has 0 aliphatic carbocycles. The number of carbonyl (C=O) groups excluding carboxylic acids is 1. The van der Waals surface area contributed by atoms with E-state index in [1.54, 1.807) is 6.07 Å². The fourth-order valence-electron chi connectivity index (χ4n) is 2.97. The lowest BCUT2D eigenvalue weighted by atomic mass is 10.1. The highest BCUT2D eigenvalue weighted by molar-refractivity contribution is 5.97. The molecule has 2 aromatic carbocycles. The Kier molecular flexibility index (Phi) is 3.23. The first-order valence-electron chi connectivity index (χ1n) is 7.67. The van der Waals surface area contributed by atoms with Crippen molar-refractivity contribution in [3.8, 4) is 0 Å². The van der Waals surface area contributed by atoms with Gasteiger partial charge in [-0.15, -0.1) is 0 Å². The SMILES string of the molecule is Cc1cc2[nH]c(=O)[nH]c2cc1NC(=O)Cc1c[nH]c2ccccc12. The van der Waals surface area contributed by atoms with E-state index in [0.717, 1.165) is 27.5 Å². The topological polar surface area (TPSA) is 93.5 Å². The largest absolute Gasteiger partial charge is 0.361 e. The van der Waals surface area contributed by atoms with Crippen molar-refractivity contribution in [3.63, 3.8) is 0 Å². The predicted molar refractivity (Wildman–Crippen MR) is 94.3 cm³/mol. The molecule has 0 spiro atoms. The van der Waals surface area contributed by atoms with Crippen molar-refractivity contribution in [1.29, 1.82) is 0 Å². The summed E-state index contributed by atoms with van der Waals surface area (Å²) in [4.78, 5) is 32.4. The van der Waals surface area contributed by atoms with Crippen LogP contribution in [0.3, 0.4) is 0 Å². The highest BCUT2D eigenvalue weighted by atomic mass is 16.1. The molecule has 24 heavy (non-hydrogen) atoms. The molecule has 0 aliphatic heterocycles. The monoisotopic (exact) mass is 320 g/mol. The molecule has 6 heteroatoms. The lowest BCUT2D eigenvalue weighted by molar-refractivity contribution is -0.115. The molecular formula is C18H16N4O2. The summed E-state index contributed by atoms with van der Waals surface area (Å²) in [5.41, 5.74) is 4.71. The van der Waals surface area contributed by atoms with Crippen LogP contribution in [0.15, 0.2) is 47.4 Å². The molecule has 4 N–H and O–H groups in total. The van der Waals surface area contributed by atoms with Gasteiger partial charge in [0, 0.05) is 22.8 Å². The third-order valence-corrected chi connectivity index (χ3v) is 4.16. The van der Waals surface area contributed by atoms with Crippen LogP contribution in [0.2, 0.25) is 0 Å². The first kappa shape index (κ1) is 14.3. The molecule has 0 saturated heterocycles. The Bertz CT molecular complexity index is 1120. The molecule has 0 unspecified atom stereocenters. The molecule has 0 saturated carbocycles. The Morgan fingerprint density at radius 3 is 2.67 bits per heavy atom. The molecule has 2 heterocycles. The second-order valence-electron chi connectivity index (χ2n) is 5.88. The predicted octanol–water partition coefficient (Wildman–Crippen LogP) is 2.83. The number of aromatic amines is 3. The second-order valence-corrected chi connectivity index (χ2v) is 5.88. The zero-order valence-electron chi connectivity index (χ0n) is 13.1. The van der Waals surface area contributed by atoms with Crippen LogP contribution in [0.1, 0.15) is 11.1 Å². The third-order valence-electron chi connectivity index (χ3n) is 4.16. The van der Waals surface area contributed by atoms with E-state index in [1.807, 2.05) is 43.5 Å². The van der Waals surface area contributed by atoms with E-state index in [9.17, 15) is 9.59 Å². The minimum absolute atomic E-state index is 0.0971. The Hall–Kier alpha value is -3.28. The number of amides is 1. The highest BCUT2D eigenvalue weighted by Gasteiger charge is 2.11. The van der Waals surface area contributed by atoms with Crippen LogP contribution >= 0.6 is 0 Å². The lowest BCUT2D eigenvalue weighted by Gasteiger charge is -2.08. The average molecular weight is 320 g/mol. The van der Waals surface area contributed by atoms with E-state index >= 15 is 0 Å². The number of hydrogen-bond donors (Lipinski definition) is 4. The molecule has 0 radical (unpaired) electrons. The van der Waals surface area contributed by atoms with E-state index in [-0.39, 0.29) is 18.0 Å². The highest BCUT2D eigenvalue weighted by Crippen LogP contribution is 2.22. The number of rotatable bonds is 3. The number of anilines is 1. The van der Waals surface area contributed by atoms with Gasteiger partial charge in [0.2, 0.25) is 5.91 Å². The smallest absolute Gasteiger partial charge is 0.323 e. The van der Waals surface area contributed by atoms with Crippen molar-refractivity contribution in [2.45, 2.75) is 13.3 Å². The standard InChI is InChI=1S/C18H16N4O2/c1-10-6-15-16(22-18(24)21-15)8-14(10)20-17(23)7-11-9-19-13-5-3-2-4-12(11)13/h2-6,8-9,19H,7H2,1H3,(H,20,23)(H2,21,22,24). The number of imidazole rings is 1. The quantitative estimate of drug-likeness (QED) is 0.467. The van der Waals surface area contributed by atoms with Gasteiger partial charge in [0.05, 0.1) is 17.5 Å². The van der Waals surface area contributed by atoms with Gasteiger partial charge < -0.3 is 20.3 Å². The van der Waals surface area contributed by atoms with Crippen molar-refractivity contribution in [2.75, 3.05) is 5.32 Å². The van der Waals surface area contributed by atoms with Gasteiger partial charge in [0.1, 0.15) is 0 Å². The minimum atomic E-state index is -0.258. The molecule has 0 bridgehead atoms. The number of aromatic nitrogens is 3. The molecule has 0 atom stereocenters. The van der Waals surface area contributed by atoms with E-state index in [0.29, 0.717) is 11.2 Å². The fourth-order valence-corrected chi connectivity index (χ4v) is 2.97. The lowest BCUT2D eigenvalue weighted by Crippen LogP contribution is -2.15. The summed E-state index contributed by atoms with van der Waals surface area (Å²) in [6, 6.07) is 11.5. The van der Waals surface area contributed by atoms with Crippen LogP contribution in [0.5, 0.6) is 0 Å². The van der Waals surface area contributed by atoms with Crippen molar-refractivity contribution in [2.24, 2.45) is 0 Å². The zero-order valence-corrected chi connectivity index (χ0v) is 13.1. The van der Waals surface area contributed by atoms with Gasteiger partial charge in [-0.2, -0.15) is 0 Å². The Morgan fingerprint density at radius 1 is 1.08 bits per heavy atom. The minimum Gasteiger partial charge on any atom is -0.361 e. The molecule has 120 valence electrons. The number of para-hydroxylation sites is 1. The second kappa shape index (κ2) is 5.42. The van der Waals surface area contributed by atoms with Crippen LogP contribution < -0.4 is 11.0 Å². The molecule has 4 aromatic rings. The van der Waals surface area contributed by atoms with E-state index < -0.39 is 0 Å². The Balaban J connectivity index is 1.59. The summed E-state index contributed by atoms with van der Waals surface area (Å²) in [7, 11) is 0. The molecule has 6 nitrogen and oxygen atoms in total. The van der Waals surface area contributed by atoms with Crippen LogP contribution in [-0.4, -0.2) is 20.9 Å². The maximum atomic E-state index is 12.4. The fraction of sp³-hybridized carbons (Fsp3) is 0.111. The third kappa shape index (κ3) is 2.48.